The van der Waals surface area contributed by atoms with E-state index in [2.05, 4.69) is 38.2 Å². The number of thiophene rings is 1. The van der Waals surface area contributed by atoms with Crippen molar-refractivity contribution in [1.82, 2.24) is 20.0 Å². The minimum absolute atomic E-state index is 0.0312. The summed E-state index contributed by atoms with van der Waals surface area (Å²) in [4.78, 5) is 16.8. The summed E-state index contributed by atoms with van der Waals surface area (Å²) < 4.78 is 2.82. The summed E-state index contributed by atoms with van der Waals surface area (Å²) in [6, 6.07) is 4.45. The maximum Gasteiger partial charge on any atom is 0.261 e. The molecule has 1 N–H and O–H groups in total. The smallest absolute Gasteiger partial charge is 0.261 e. The predicted octanol–water partition coefficient (Wildman–Crippen LogP) is 3.75. The Hall–Kier alpha value is -1.18. The molecule has 1 aliphatic rings. The van der Waals surface area contributed by atoms with Gasteiger partial charge < -0.3 is 10.2 Å². The first-order valence-electron chi connectivity index (χ1n) is 8.91. The van der Waals surface area contributed by atoms with Crippen molar-refractivity contribution in [3.8, 4) is 0 Å². The fraction of sp³-hybridized carbons (Fsp3) is 0.556. The molecule has 0 radical (unpaired) electrons. The molecule has 0 aliphatic carbocycles. The van der Waals surface area contributed by atoms with Gasteiger partial charge >= 0.3 is 0 Å². The normalized spacial score (nSPS) is 16.7. The van der Waals surface area contributed by atoms with Crippen LogP contribution in [-0.2, 0) is 6.54 Å². The monoisotopic (exact) mass is 424 g/mol. The highest BCUT2D eigenvalue weighted by molar-refractivity contribution is 9.10. The number of amides is 1. The zero-order valence-corrected chi connectivity index (χ0v) is 17.0. The van der Waals surface area contributed by atoms with Crippen molar-refractivity contribution < 1.29 is 4.79 Å². The van der Waals surface area contributed by atoms with Crippen LogP contribution in [0.5, 0.6) is 0 Å². The lowest BCUT2D eigenvalue weighted by Crippen LogP contribution is -2.39. The van der Waals surface area contributed by atoms with Gasteiger partial charge in [0.1, 0.15) is 0 Å². The number of carbonyl (C=O) groups excluding carboxylic acids is 1. The molecule has 1 aliphatic heterocycles. The largest absolute Gasteiger partial charge is 0.351 e. The van der Waals surface area contributed by atoms with Crippen molar-refractivity contribution in [2.24, 2.45) is 0 Å². The third-order valence-electron chi connectivity index (χ3n) is 4.67. The van der Waals surface area contributed by atoms with Crippen LogP contribution in [0.15, 0.2) is 29.0 Å². The lowest BCUT2D eigenvalue weighted by molar-refractivity contribution is 0.0950. The number of likely N-dealkylation sites (tertiary alicyclic amines) is 1. The minimum Gasteiger partial charge on any atom is -0.351 e. The van der Waals surface area contributed by atoms with E-state index in [4.69, 9.17) is 0 Å². The van der Waals surface area contributed by atoms with Gasteiger partial charge in [-0.25, -0.2) is 0 Å². The summed E-state index contributed by atoms with van der Waals surface area (Å²) in [6.45, 7) is 6.09. The van der Waals surface area contributed by atoms with Crippen molar-refractivity contribution in [1.29, 1.82) is 0 Å². The van der Waals surface area contributed by atoms with Crippen LogP contribution < -0.4 is 5.32 Å². The summed E-state index contributed by atoms with van der Waals surface area (Å²) in [5, 5.41) is 7.31. The van der Waals surface area contributed by atoms with E-state index in [1.807, 2.05) is 23.0 Å². The SMILES string of the molecule is CC(CCNC(=O)c1ccc(Cn2cc(Br)cn2)s1)N1CCCCC1. The van der Waals surface area contributed by atoms with Crippen LogP contribution in [0.1, 0.15) is 47.2 Å². The Balaban J connectivity index is 1.43. The Morgan fingerprint density at radius 2 is 2.16 bits per heavy atom. The topological polar surface area (TPSA) is 50.2 Å². The third kappa shape index (κ3) is 5.39. The Bertz CT molecular complexity index is 693. The van der Waals surface area contributed by atoms with Gasteiger partial charge in [0.2, 0.25) is 0 Å². The number of rotatable bonds is 7. The second-order valence-corrected chi connectivity index (χ2v) is 8.70. The fourth-order valence-corrected chi connectivity index (χ4v) is 4.44. The first-order chi connectivity index (χ1) is 12.1. The van der Waals surface area contributed by atoms with Crippen LogP contribution in [0.4, 0.5) is 0 Å². The lowest BCUT2D eigenvalue weighted by atomic mass is 10.1. The van der Waals surface area contributed by atoms with Crippen molar-refractivity contribution in [2.75, 3.05) is 19.6 Å². The summed E-state index contributed by atoms with van der Waals surface area (Å²) in [5.74, 6) is 0.0312. The van der Waals surface area contributed by atoms with Gasteiger partial charge in [-0.15, -0.1) is 11.3 Å². The van der Waals surface area contributed by atoms with Gasteiger partial charge in [-0.3, -0.25) is 9.48 Å². The predicted molar refractivity (Wildman–Crippen MR) is 105 cm³/mol. The molecule has 136 valence electrons. The molecule has 7 heteroatoms. The molecule has 1 atom stereocenters. The number of hydrogen-bond donors (Lipinski definition) is 1. The molecule has 0 spiro atoms. The number of piperidine rings is 1. The molecule has 2 aromatic heterocycles. The van der Waals surface area contributed by atoms with E-state index >= 15 is 0 Å². The quantitative estimate of drug-likeness (QED) is 0.735. The Labute approximate surface area is 161 Å². The summed E-state index contributed by atoms with van der Waals surface area (Å²) in [7, 11) is 0. The zero-order chi connectivity index (χ0) is 17.6. The highest BCUT2D eigenvalue weighted by Gasteiger charge is 2.17. The maximum absolute atomic E-state index is 12.3. The van der Waals surface area contributed by atoms with E-state index < -0.39 is 0 Å². The fourth-order valence-electron chi connectivity index (χ4n) is 3.19. The van der Waals surface area contributed by atoms with Crippen molar-refractivity contribution in [2.45, 2.75) is 45.2 Å². The molecule has 25 heavy (non-hydrogen) atoms. The number of aromatic nitrogens is 2. The van der Waals surface area contributed by atoms with Crippen molar-refractivity contribution in [3.63, 3.8) is 0 Å². The number of carbonyl (C=O) groups is 1. The summed E-state index contributed by atoms with van der Waals surface area (Å²) in [6.07, 6.45) is 8.68. The van der Waals surface area contributed by atoms with Gasteiger partial charge in [0.05, 0.1) is 22.1 Å². The summed E-state index contributed by atoms with van der Waals surface area (Å²) >= 11 is 4.93. The highest BCUT2D eigenvalue weighted by Crippen LogP contribution is 2.19. The molecule has 5 nitrogen and oxygen atoms in total. The molecule has 0 aromatic carbocycles. The molecular weight excluding hydrogens is 400 g/mol. The Morgan fingerprint density at radius 1 is 1.36 bits per heavy atom. The molecule has 3 heterocycles. The summed E-state index contributed by atoms with van der Waals surface area (Å²) in [5.41, 5.74) is 0. The average Bonchev–Trinajstić information content (AvgIpc) is 3.25. The minimum atomic E-state index is 0.0312. The van der Waals surface area contributed by atoms with E-state index in [-0.39, 0.29) is 5.91 Å². The van der Waals surface area contributed by atoms with Gasteiger partial charge in [-0.2, -0.15) is 5.10 Å². The molecule has 0 bridgehead atoms. The second kappa shape index (κ2) is 8.96. The lowest BCUT2D eigenvalue weighted by Gasteiger charge is -2.32. The number of hydrogen-bond acceptors (Lipinski definition) is 4. The Kier molecular flexibility index (Phi) is 6.67. The van der Waals surface area contributed by atoms with Gasteiger partial charge in [-0.05, 0) is 67.3 Å². The van der Waals surface area contributed by atoms with Gasteiger partial charge in [0.15, 0.2) is 0 Å². The first kappa shape index (κ1) is 18.6. The van der Waals surface area contributed by atoms with Gasteiger partial charge in [0.25, 0.3) is 5.91 Å². The third-order valence-corrected chi connectivity index (χ3v) is 6.14. The van der Waals surface area contributed by atoms with E-state index in [0.717, 1.165) is 27.2 Å². The standard InChI is InChI=1S/C18H25BrN4OS/c1-14(22-9-3-2-4-10-22)7-8-20-18(24)17-6-5-16(25-17)13-23-12-15(19)11-21-23/h5-6,11-12,14H,2-4,7-10,13H2,1H3,(H,20,24). The van der Waals surface area contributed by atoms with Crippen LogP contribution in [-0.4, -0.2) is 46.3 Å². The number of nitrogens with zero attached hydrogens (tertiary/aromatic N) is 3. The van der Waals surface area contributed by atoms with E-state index in [1.165, 1.54) is 43.7 Å². The first-order valence-corrected chi connectivity index (χ1v) is 10.5. The molecule has 1 fully saturated rings. The number of halogens is 1. The molecule has 1 saturated heterocycles. The molecule has 1 amide bonds. The number of nitrogens with one attached hydrogen (secondary N) is 1. The Morgan fingerprint density at radius 3 is 2.88 bits per heavy atom. The maximum atomic E-state index is 12.3. The zero-order valence-electron chi connectivity index (χ0n) is 14.6. The van der Waals surface area contributed by atoms with Crippen molar-refractivity contribution >= 4 is 33.2 Å². The van der Waals surface area contributed by atoms with Crippen LogP contribution in [0.25, 0.3) is 0 Å². The van der Waals surface area contributed by atoms with Crippen molar-refractivity contribution in [3.05, 3.63) is 38.8 Å². The van der Waals surface area contributed by atoms with E-state index in [9.17, 15) is 4.79 Å². The molecule has 3 rings (SSSR count). The van der Waals surface area contributed by atoms with E-state index in [1.54, 1.807) is 6.20 Å². The van der Waals surface area contributed by atoms with Gasteiger partial charge in [0, 0.05) is 23.7 Å². The second-order valence-electron chi connectivity index (χ2n) is 6.61. The average molecular weight is 425 g/mol. The molecule has 0 saturated carbocycles. The molecule has 2 aromatic rings. The molecular formula is C18H25BrN4OS. The van der Waals surface area contributed by atoms with Crippen LogP contribution in [0.2, 0.25) is 0 Å². The van der Waals surface area contributed by atoms with E-state index in [0.29, 0.717) is 12.6 Å². The molecule has 1 unspecified atom stereocenters. The van der Waals surface area contributed by atoms with Gasteiger partial charge in [-0.1, -0.05) is 6.42 Å². The van der Waals surface area contributed by atoms with Crippen LogP contribution in [0, 0.1) is 0 Å². The van der Waals surface area contributed by atoms with Crippen LogP contribution >= 0.6 is 27.3 Å². The highest BCUT2D eigenvalue weighted by atomic mass is 79.9. The van der Waals surface area contributed by atoms with Crippen LogP contribution in [0.3, 0.4) is 0 Å².